The molecule has 0 amide bonds. The highest BCUT2D eigenvalue weighted by molar-refractivity contribution is 9.10. The van der Waals surface area contributed by atoms with Crippen molar-refractivity contribution in [1.29, 1.82) is 0 Å². The van der Waals surface area contributed by atoms with Crippen LogP contribution in [0, 0.1) is 0 Å². The third-order valence-corrected chi connectivity index (χ3v) is 10.3. The second kappa shape index (κ2) is 12.5. The minimum Gasteiger partial charge on any atom is -0.496 e. The zero-order chi connectivity index (χ0) is 28.0. The molecule has 1 unspecified atom stereocenters. The van der Waals surface area contributed by atoms with E-state index in [0.29, 0.717) is 24.3 Å². The van der Waals surface area contributed by atoms with E-state index < -0.39 is 26.6 Å². The fourth-order valence-corrected chi connectivity index (χ4v) is 7.25. The smallest absolute Gasteiger partial charge is 0.321 e. The van der Waals surface area contributed by atoms with E-state index >= 15 is 0 Å². The highest BCUT2D eigenvalue weighted by Gasteiger charge is 2.46. The van der Waals surface area contributed by atoms with Crippen molar-refractivity contribution in [3.05, 3.63) is 76.8 Å². The van der Waals surface area contributed by atoms with E-state index in [0.717, 1.165) is 27.7 Å². The summed E-state index contributed by atoms with van der Waals surface area (Å²) in [6.07, 6.45) is 1.32. The Hall–Kier alpha value is -2.92. The van der Waals surface area contributed by atoms with Gasteiger partial charge in [-0.2, -0.15) is 0 Å². The summed E-state index contributed by atoms with van der Waals surface area (Å²) in [7, 11) is -0.550. The molecule has 0 aliphatic carbocycles. The van der Waals surface area contributed by atoms with Gasteiger partial charge in [-0.1, -0.05) is 46.3 Å². The van der Waals surface area contributed by atoms with Crippen molar-refractivity contribution in [1.82, 2.24) is 10.6 Å². The summed E-state index contributed by atoms with van der Waals surface area (Å²) in [6, 6.07) is 18.7. The summed E-state index contributed by atoms with van der Waals surface area (Å²) < 4.78 is 38.2. The Morgan fingerprint density at radius 2 is 1.69 bits per heavy atom. The van der Waals surface area contributed by atoms with Crippen LogP contribution in [0.1, 0.15) is 18.4 Å². The fraction of sp³-hybridized carbons (Fsp3) is 0.345. The van der Waals surface area contributed by atoms with E-state index in [1.165, 1.54) is 0 Å². The molecule has 3 aromatic rings. The van der Waals surface area contributed by atoms with Crippen molar-refractivity contribution in [2.75, 3.05) is 33.9 Å². The van der Waals surface area contributed by atoms with E-state index in [2.05, 4.69) is 26.6 Å². The normalized spacial score (nSPS) is 18.3. The number of hydrogen-bond acceptors (Lipinski definition) is 7. The van der Waals surface area contributed by atoms with Crippen LogP contribution in [0.5, 0.6) is 11.5 Å². The van der Waals surface area contributed by atoms with Gasteiger partial charge in [-0.3, -0.25) is 4.79 Å². The van der Waals surface area contributed by atoms with Crippen LogP contribution >= 0.6 is 15.9 Å². The zero-order valence-corrected chi connectivity index (χ0v) is 24.3. The van der Waals surface area contributed by atoms with Crippen molar-refractivity contribution in [3.63, 3.8) is 0 Å². The van der Waals surface area contributed by atoms with Crippen molar-refractivity contribution in [3.8, 4) is 22.6 Å². The lowest BCUT2D eigenvalue weighted by molar-refractivity contribution is -0.139. The molecule has 0 spiro atoms. The SMILES string of the molecule is COc1cccc(OC)c1-c1ccc(C[C@H](NCC2(S(=O)(=O)c3ccc(Br)cc3)CCCNC2)C(=O)O)cc1. The molecule has 0 radical (unpaired) electrons. The summed E-state index contributed by atoms with van der Waals surface area (Å²) in [4.78, 5) is 12.5. The molecule has 1 aliphatic heterocycles. The number of hydrogen-bond donors (Lipinski definition) is 3. The van der Waals surface area contributed by atoms with Crippen LogP contribution in [-0.2, 0) is 21.1 Å². The molecule has 10 heteroatoms. The van der Waals surface area contributed by atoms with Gasteiger partial charge in [-0.15, -0.1) is 0 Å². The summed E-state index contributed by atoms with van der Waals surface area (Å²) in [5.74, 6) is 0.307. The number of ether oxygens (including phenoxy) is 2. The van der Waals surface area contributed by atoms with Crippen LogP contribution in [-0.4, -0.2) is 64.1 Å². The molecule has 208 valence electrons. The molecule has 2 atom stereocenters. The summed E-state index contributed by atoms with van der Waals surface area (Å²) in [5, 5.41) is 16.3. The minimum atomic E-state index is -3.75. The molecule has 3 N–H and O–H groups in total. The van der Waals surface area contributed by atoms with Crippen molar-refractivity contribution < 1.29 is 27.8 Å². The molecule has 39 heavy (non-hydrogen) atoms. The number of nitrogens with one attached hydrogen (secondary N) is 2. The first kappa shape index (κ1) is 29.1. The Morgan fingerprint density at radius 1 is 1.05 bits per heavy atom. The Balaban J connectivity index is 1.54. The summed E-state index contributed by atoms with van der Waals surface area (Å²) >= 11 is 3.35. The number of benzene rings is 3. The first-order valence-corrected chi connectivity index (χ1v) is 15.0. The number of aliphatic carboxylic acids is 1. The monoisotopic (exact) mass is 616 g/mol. The predicted octanol–water partition coefficient (Wildman–Crippen LogP) is 4.31. The van der Waals surface area contributed by atoms with Gasteiger partial charge >= 0.3 is 5.97 Å². The molecule has 4 rings (SSSR count). The molecule has 0 bridgehead atoms. The van der Waals surface area contributed by atoms with Gasteiger partial charge < -0.3 is 25.2 Å². The number of sulfone groups is 1. The Bertz CT molecular complexity index is 1370. The second-order valence-corrected chi connectivity index (χ2v) is 12.9. The van der Waals surface area contributed by atoms with Gasteiger partial charge in [0.05, 0.1) is 24.7 Å². The standard InChI is InChI=1S/C29H33BrN2O6S/c1-37-25-5-3-6-26(38-2)27(25)21-9-7-20(8-10-21)17-24(28(33)34)32-19-29(15-4-16-31-18-29)39(35,36)23-13-11-22(30)12-14-23/h3,5-14,24,31-32H,4,15-19H2,1-2H3,(H,33,34)/t24-,29?/m0/s1. The molecule has 8 nitrogen and oxygen atoms in total. The van der Waals surface area contributed by atoms with E-state index in [9.17, 15) is 18.3 Å². The lowest BCUT2D eigenvalue weighted by atomic mass is 9.96. The lowest BCUT2D eigenvalue weighted by Crippen LogP contribution is -2.59. The van der Waals surface area contributed by atoms with Crippen LogP contribution in [0.25, 0.3) is 11.1 Å². The molecule has 1 fully saturated rings. The second-order valence-electron chi connectivity index (χ2n) is 9.63. The highest BCUT2D eigenvalue weighted by atomic mass is 79.9. The van der Waals surface area contributed by atoms with Gasteiger partial charge in [0.25, 0.3) is 0 Å². The number of carbonyl (C=O) groups is 1. The maximum absolute atomic E-state index is 13.8. The van der Waals surface area contributed by atoms with Gasteiger partial charge in [0, 0.05) is 17.6 Å². The number of halogens is 1. The Labute approximate surface area is 237 Å². The maximum Gasteiger partial charge on any atom is 0.321 e. The number of methoxy groups -OCH3 is 2. The topological polar surface area (TPSA) is 114 Å². The van der Waals surface area contributed by atoms with Crippen LogP contribution < -0.4 is 20.1 Å². The first-order chi connectivity index (χ1) is 18.7. The van der Waals surface area contributed by atoms with Crippen LogP contribution in [0.15, 0.2) is 76.1 Å². The molecule has 0 aromatic heterocycles. The lowest BCUT2D eigenvalue weighted by Gasteiger charge is -2.38. The highest BCUT2D eigenvalue weighted by Crippen LogP contribution is 2.38. The first-order valence-electron chi connectivity index (χ1n) is 12.7. The van der Waals surface area contributed by atoms with E-state index in [1.807, 2.05) is 42.5 Å². The third kappa shape index (κ3) is 6.30. The predicted molar refractivity (Wildman–Crippen MR) is 154 cm³/mol. The molecule has 1 heterocycles. The van der Waals surface area contributed by atoms with Crippen molar-refractivity contribution in [2.24, 2.45) is 0 Å². The van der Waals surface area contributed by atoms with E-state index in [4.69, 9.17) is 9.47 Å². The molecule has 0 saturated carbocycles. The average Bonchev–Trinajstić information content (AvgIpc) is 2.95. The van der Waals surface area contributed by atoms with Crippen molar-refractivity contribution in [2.45, 2.75) is 34.9 Å². The molecular formula is C29H33BrN2O6S. The summed E-state index contributed by atoms with van der Waals surface area (Å²) in [5.41, 5.74) is 2.49. The number of rotatable bonds is 11. The van der Waals surface area contributed by atoms with Gasteiger partial charge in [0.2, 0.25) is 0 Å². The van der Waals surface area contributed by atoms with E-state index in [-0.39, 0.29) is 24.4 Å². The number of carboxylic acids is 1. The van der Waals surface area contributed by atoms with Gasteiger partial charge in [0.15, 0.2) is 9.84 Å². The molecule has 1 saturated heterocycles. The molecule has 3 aromatic carbocycles. The maximum atomic E-state index is 13.8. The largest absolute Gasteiger partial charge is 0.496 e. The molecule has 1 aliphatic rings. The number of piperidine rings is 1. The van der Waals surface area contributed by atoms with Gasteiger partial charge in [-0.05, 0) is 73.3 Å². The zero-order valence-electron chi connectivity index (χ0n) is 21.9. The third-order valence-electron chi connectivity index (χ3n) is 7.21. The number of carboxylic acid groups (broad SMARTS) is 1. The van der Waals surface area contributed by atoms with Crippen LogP contribution in [0.3, 0.4) is 0 Å². The van der Waals surface area contributed by atoms with Crippen molar-refractivity contribution >= 4 is 31.7 Å². The minimum absolute atomic E-state index is 0.0197. The van der Waals surface area contributed by atoms with Crippen LogP contribution in [0.4, 0.5) is 0 Å². The van der Waals surface area contributed by atoms with E-state index in [1.54, 1.807) is 38.5 Å². The quantitative estimate of drug-likeness (QED) is 0.292. The molecular weight excluding hydrogens is 584 g/mol. The fourth-order valence-electron chi connectivity index (χ4n) is 5.01. The van der Waals surface area contributed by atoms with Gasteiger partial charge in [0.1, 0.15) is 22.3 Å². The summed E-state index contributed by atoms with van der Waals surface area (Å²) in [6.45, 7) is 0.995. The average molecular weight is 618 g/mol. The van der Waals surface area contributed by atoms with Gasteiger partial charge in [-0.25, -0.2) is 8.42 Å². The van der Waals surface area contributed by atoms with Crippen LogP contribution in [0.2, 0.25) is 0 Å². The Kier molecular flexibility index (Phi) is 9.32. The Morgan fingerprint density at radius 3 is 2.23 bits per heavy atom.